The fourth-order valence-electron chi connectivity index (χ4n) is 2.83. The van der Waals surface area contributed by atoms with Gasteiger partial charge in [0, 0.05) is 23.4 Å². The van der Waals surface area contributed by atoms with Crippen molar-refractivity contribution >= 4 is 11.0 Å². The molecular formula is C18H22O5. The van der Waals surface area contributed by atoms with Crippen LogP contribution in [0.1, 0.15) is 30.9 Å². The van der Waals surface area contributed by atoms with Crippen molar-refractivity contribution in [3.05, 3.63) is 39.7 Å². The Balaban J connectivity index is 1.76. The van der Waals surface area contributed by atoms with Crippen LogP contribution >= 0.6 is 0 Å². The monoisotopic (exact) mass is 318 g/mol. The van der Waals surface area contributed by atoms with Gasteiger partial charge < -0.3 is 18.6 Å². The smallest absolute Gasteiger partial charge is 0.336 e. The number of hydrogen-bond donors (Lipinski definition) is 0. The van der Waals surface area contributed by atoms with Crippen LogP contribution in [0.4, 0.5) is 0 Å². The fourth-order valence-corrected chi connectivity index (χ4v) is 2.83. The summed E-state index contributed by atoms with van der Waals surface area (Å²) < 4.78 is 22.2. The Morgan fingerprint density at radius 3 is 2.78 bits per heavy atom. The van der Waals surface area contributed by atoms with Gasteiger partial charge in [-0.15, -0.1) is 0 Å². The predicted molar refractivity (Wildman–Crippen MR) is 87.0 cm³/mol. The van der Waals surface area contributed by atoms with Gasteiger partial charge in [0.05, 0.1) is 19.8 Å². The molecule has 0 unspecified atom stereocenters. The van der Waals surface area contributed by atoms with E-state index < -0.39 is 0 Å². The van der Waals surface area contributed by atoms with Gasteiger partial charge in [0.1, 0.15) is 11.3 Å². The molecular weight excluding hydrogens is 296 g/mol. The molecule has 1 aliphatic rings. The van der Waals surface area contributed by atoms with E-state index in [0.29, 0.717) is 18.6 Å². The summed E-state index contributed by atoms with van der Waals surface area (Å²) in [5.74, 6) is 0.727. The predicted octanol–water partition coefficient (Wildman–Crippen LogP) is 3.20. The molecule has 0 spiro atoms. The van der Waals surface area contributed by atoms with Crippen LogP contribution in [0, 0.1) is 6.92 Å². The van der Waals surface area contributed by atoms with Gasteiger partial charge in [-0.25, -0.2) is 4.79 Å². The van der Waals surface area contributed by atoms with Gasteiger partial charge in [-0.3, -0.25) is 0 Å². The van der Waals surface area contributed by atoms with Gasteiger partial charge in [-0.2, -0.15) is 0 Å². The maximum absolute atomic E-state index is 11.7. The molecule has 0 radical (unpaired) electrons. The fraction of sp³-hybridized carbons (Fsp3) is 0.500. The minimum Gasteiger partial charge on any atom is -0.493 e. The van der Waals surface area contributed by atoms with Crippen molar-refractivity contribution in [2.45, 2.75) is 39.4 Å². The van der Waals surface area contributed by atoms with Gasteiger partial charge in [0.25, 0.3) is 0 Å². The maximum atomic E-state index is 11.7. The molecule has 0 atom stereocenters. The number of benzene rings is 1. The Morgan fingerprint density at radius 2 is 2.04 bits per heavy atom. The van der Waals surface area contributed by atoms with Crippen LogP contribution in [-0.4, -0.2) is 26.1 Å². The van der Waals surface area contributed by atoms with Gasteiger partial charge in [-0.1, -0.05) is 6.92 Å². The molecule has 1 fully saturated rings. The van der Waals surface area contributed by atoms with E-state index in [9.17, 15) is 4.79 Å². The highest BCUT2D eigenvalue weighted by Crippen LogP contribution is 2.28. The first-order chi connectivity index (χ1) is 11.2. The van der Waals surface area contributed by atoms with Gasteiger partial charge in [0.2, 0.25) is 0 Å². The first-order valence-corrected chi connectivity index (χ1v) is 8.11. The lowest BCUT2D eigenvalue weighted by Crippen LogP contribution is -2.26. The van der Waals surface area contributed by atoms with Crippen molar-refractivity contribution < 1.29 is 18.6 Å². The Labute approximate surface area is 135 Å². The minimum absolute atomic E-state index is 0.186. The first kappa shape index (κ1) is 16.0. The van der Waals surface area contributed by atoms with E-state index in [-0.39, 0.29) is 11.9 Å². The molecule has 2 heterocycles. The van der Waals surface area contributed by atoms with Gasteiger partial charge >= 0.3 is 5.63 Å². The van der Waals surface area contributed by atoms with Crippen molar-refractivity contribution in [1.82, 2.24) is 0 Å². The summed E-state index contributed by atoms with van der Waals surface area (Å²) in [7, 11) is 0. The largest absolute Gasteiger partial charge is 0.493 e. The Bertz CT molecular complexity index is 728. The van der Waals surface area contributed by atoms with Crippen LogP contribution in [-0.2, 0) is 15.9 Å². The lowest BCUT2D eigenvalue weighted by Gasteiger charge is -2.23. The summed E-state index contributed by atoms with van der Waals surface area (Å²) >= 11 is 0. The molecule has 1 aromatic heterocycles. The van der Waals surface area contributed by atoms with Gasteiger partial charge in [-0.05, 0) is 37.5 Å². The van der Waals surface area contributed by atoms with E-state index in [1.165, 1.54) is 0 Å². The highest BCUT2D eigenvalue weighted by Gasteiger charge is 2.15. The second-order valence-corrected chi connectivity index (χ2v) is 5.67. The Morgan fingerprint density at radius 1 is 1.26 bits per heavy atom. The molecule has 0 N–H and O–H groups in total. The maximum Gasteiger partial charge on any atom is 0.336 e. The Kier molecular flexibility index (Phi) is 4.98. The summed E-state index contributed by atoms with van der Waals surface area (Å²) in [6, 6.07) is 5.44. The van der Waals surface area contributed by atoms with Crippen LogP contribution in [0.25, 0.3) is 11.0 Å². The minimum atomic E-state index is -0.321. The van der Waals surface area contributed by atoms with Crippen LogP contribution in [0.3, 0.4) is 0 Å². The van der Waals surface area contributed by atoms with E-state index in [1.54, 1.807) is 6.07 Å². The first-order valence-electron chi connectivity index (χ1n) is 8.11. The number of ether oxygens (including phenoxy) is 3. The molecule has 1 saturated heterocycles. The molecule has 0 bridgehead atoms. The molecule has 1 aliphatic heterocycles. The highest BCUT2D eigenvalue weighted by atomic mass is 16.7. The Hall–Kier alpha value is -1.85. The average Bonchev–Trinajstić information content (AvgIpc) is 2.57. The van der Waals surface area contributed by atoms with E-state index in [1.807, 2.05) is 26.0 Å². The third-order valence-corrected chi connectivity index (χ3v) is 4.09. The van der Waals surface area contributed by atoms with Crippen LogP contribution in [0.5, 0.6) is 5.75 Å². The van der Waals surface area contributed by atoms with Crippen molar-refractivity contribution in [3.8, 4) is 5.75 Å². The van der Waals surface area contributed by atoms with Crippen LogP contribution in [0.15, 0.2) is 27.4 Å². The molecule has 1 aromatic carbocycles. The van der Waals surface area contributed by atoms with E-state index in [0.717, 1.165) is 48.3 Å². The van der Waals surface area contributed by atoms with Crippen molar-refractivity contribution in [1.29, 1.82) is 0 Å². The number of hydrogen-bond acceptors (Lipinski definition) is 5. The summed E-state index contributed by atoms with van der Waals surface area (Å²) in [4.78, 5) is 11.7. The average molecular weight is 318 g/mol. The number of fused-ring (bicyclic) bond motifs is 1. The normalized spacial score (nSPS) is 15.9. The molecule has 0 aliphatic carbocycles. The number of rotatable bonds is 5. The molecule has 3 rings (SSSR count). The zero-order chi connectivity index (χ0) is 16.2. The highest BCUT2D eigenvalue weighted by molar-refractivity contribution is 5.84. The zero-order valence-electron chi connectivity index (χ0n) is 13.6. The van der Waals surface area contributed by atoms with E-state index in [2.05, 4.69) is 0 Å². The molecule has 5 nitrogen and oxygen atoms in total. The molecule has 5 heteroatoms. The lowest BCUT2D eigenvalue weighted by atomic mass is 10.0. The summed E-state index contributed by atoms with van der Waals surface area (Å²) in [5.41, 5.74) is 2.13. The molecule has 124 valence electrons. The summed E-state index contributed by atoms with van der Waals surface area (Å²) in [5, 5.41) is 0.968. The topological polar surface area (TPSA) is 57.9 Å². The second kappa shape index (κ2) is 7.15. The third kappa shape index (κ3) is 3.57. The lowest BCUT2D eigenvalue weighted by molar-refractivity contribution is -0.183. The van der Waals surface area contributed by atoms with Crippen LogP contribution < -0.4 is 10.4 Å². The van der Waals surface area contributed by atoms with E-state index in [4.69, 9.17) is 18.6 Å². The standard InChI is InChI=1S/C18H22O5/c1-3-13-11-16(19)23-18-12(2)15(6-5-14(13)18)20-10-7-17-21-8-4-9-22-17/h5-6,11,17H,3-4,7-10H2,1-2H3. The quantitative estimate of drug-likeness (QED) is 0.792. The SMILES string of the molecule is CCc1cc(=O)oc2c(C)c(OCCC3OCCCO3)ccc12. The molecule has 23 heavy (non-hydrogen) atoms. The van der Waals surface area contributed by atoms with Crippen LogP contribution in [0.2, 0.25) is 0 Å². The summed E-state index contributed by atoms with van der Waals surface area (Å²) in [6.45, 7) is 5.91. The van der Waals surface area contributed by atoms with Crippen molar-refractivity contribution in [2.75, 3.05) is 19.8 Å². The van der Waals surface area contributed by atoms with Gasteiger partial charge in [0.15, 0.2) is 6.29 Å². The van der Waals surface area contributed by atoms with Crippen molar-refractivity contribution in [2.24, 2.45) is 0 Å². The molecule has 0 amide bonds. The molecule has 2 aromatic rings. The number of aryl methyl sites for hydroxylation is 2. The van der Waals surface area contributed by atoms with Crippen molar-refractivity contribution in [3.63, 3.8) is 0 Å². The summed E-state index contributed by atoms with van der Waals surface area (Å²) in [6.07, 6.45) is 2.23. The second-order valence-electron chi connectivity index (χ2n) is 5.67. The molecule has 0 saturated carbocycles. The third-order valence-electron chi connectivity index (χ3n) is 4.09. The zero-order valence-corrected chi connectivity index (χ0v) is 13.6. The van der Waals surface area contributed by atoms with E-state index >= 15 is 0 Å².